The number of aliphatic imine (C=N–C) groups is 1. The molecular weight excluding hydrogens is 336 g/mol. The van der Waals surface area contributed by atoms with Gasteiger partial charge in [-0.1, -0.05) is 43.7 Å². The van der Waals surface area contributed by atoms with Gasteiger partial charge >= 0.3 is 0 Å². The van der Waals surface area contributed by atoms with Gasteiger partial charge in [0.15, 0.2) is 5.96 Å². The van der Waals surface area contributed by atoms with Gasteiger partial charge in [0.05, 0.1) is 6.54 Å². The van der Waals surface area contributed by atoms with E-state index in [1.165, 1.54) is 11.1 Å². The van der Waals surface area contributed by atoms with Crippen LogP contribution in [0.25, 0.3) is 0 Å². The molecule has 3 rings (SSSR count). The molecule has 0 radical (unpaired) electrons. The minimum absolute atomic E-state index is 0.0228. The van der Waals surface area contributed by atoms with Gasteiger partial charge in [0.2, 0.25) is 5.91 Å². The summed E-state index contributed by atoms with van der Waals surface area (Å²) in [7, 11) is 0. The molecule has 2 heterocycles. The third-order valence-electron chi connectivity index (χ3n) is 5.92. The van der Waals surface area contributed by atoms with Gasteiger partial charge < -0.3 is 15.5 Å². The molecule has 0 saturated carbocycles. The Kier molecular flexibility index (Phi) is 5.78. The lowest BCUT2D eigenvalue weighted by Gasteiger charge is -2.41. The Morgan fingerprint density at radius 3 is 2.89 bits per heavy atom. The summed E-state index contributed by atoms with van der Waals surface area (Å²) in [5.74, 6) is 1.18. The number of carbonyl (C=O) groups is 1. The van der Waals surface area contributed by atoms with Crippen LogP contribution in [0.5, 0.6) is 0 Å². The molecule has 0 aliphatic carbocycles. The van der Waals surface area contributed by atoms with E-state index in [0.29, 0.717) is 6.42 Å². The second-order valence-electron chi connectivity index (χ2n) is 8.90. The first kappa shape index (κ1) is 19.7. The zero-order chi connectivity index (χ0) is 19.5. The van der Waals surface area contributed by atoms with Gasteiger partial charge in [0.25, 0.3) is 0 Å². The molecule has 1 atom stereocenters. The Balaban J connectivity index is 1.75. The van der Waals surface area contributed by atoms with Gasteiger partial charge in [0, 0.05) is 43.4 Å². The smallest absolute Gasteiger partial charge is 0.220 e. The first-order chi connectivity index (χ1) is 12.8. The molecule has 1 unspecified atom stereocenters. The molecule has 148 valence electrons. The minimum atomic E-state index is -0.0228. The second kappa shape index (κ2) is 7.91. The predicted molar refractivity (Wildman–Crippen MR) is 111 cm³/mol. The van der Waals surface area contributed by atoms with Crippen LogP contribution >= 0.6 is 0 Å². The van der Waals surface area contributed by atoms with Crippen LogP contribution in [0.2, 0.25) is 0 Å². The summed E-state index contributed by atoms with van der Waals surface area (Å²) in [5, 5.41) is 6.50. The Labute approximate surface area is 163 Å². The fraction of sp³-hybridized carbons (Fsp3) is 0.636. The van der Waals surface area contributed by atoms with Crippen molar-refractivity contribution < 1.29 is 4.79 Å². The van der Waals surface area contributed by atoms with Crippen LogP contribution in [-0.2, 0) is 10.2 Å². The van der Waals surface area contributed by atoms with E-state index in [9.17, 15) is 4.79 Å². The fourth-order valence-corrected chi connectivity index (χ4v) is 4.28. The molecule has 27 heavy (non-hydrogen) atoms. The Morgan fingerprint density at radius 1 is 1.41 bits per heavy atom. The average Bonchev–Trinajstić information content (AvgIpc) is 2.98. The molecular formula is C22H34N4O. The van der Waals surface area contributed by atoms with Crippen molar-refractivity contribution >= 4 is 11.9 Å². The van der Waals surface area contributed by atoms with Crippen LogP contribution in [0.15, 0.2) is 29.3 Å². The van der Waals surface area contributed by atoms with Crippen LogP contribution in [0, 0.1) is 12.3 Å². The van der Waals surface area contributed by atoms with Crippen LogP contribution < -0.4 is 10.6 Å². The summed E-state index contributed by atoms with van der Waals surface area (Å²) in [6, 6.07) is 8.71. The second-order valence-corrected chi connectivity index (χ2v) is 8.90. The van der Waals surface area contributed by atoms with Crippen LogP contribution in [-0.4, -0.2) is 49.5 Å². The highest BCUT2D eigenvalue weighted by Gasteiger charge is 2.42. The number of nitrogens with zero attached hydrogens (tertiary/aromatic N) is 2. The van der Waals surface area contributed by atoms with Crippen molar-refractivity contribution in [2.45, 2.75) is 52.4 Å². The Hall–Kier alpha value is -2.04. The van der Waals surface area contributed by atoms with Gasteiger partial charge in [-0.2, -0.15) is 0 Å². The highest BCUT2D eigenvalue weighted by atomic mass is 16.1. The maximum Gasteiger partial charge on any atom is 0.220 e. The molecule has 2 N–H and O–H groups in total. The van der Waals surface area contributed by atoms with Crippen LogP contribution in [0.1, 0.15) is 51.2 Å². The van der Waals surface area contributed by atoms with Crippen molar-refractivity contribution in [1.82, 2.24) is 15.5 Å². The zero-order valence-electron chi connectivity index (χ0n) is 17.3. The molecule has 5 nitrogen and oxygen atoms in total. The van der Waals surface area contributed by atoms with Crippen LogP contribution in [0.3, 0.4) is 0 Å². The van der Waals surface area contributed by atoms with E-state index < -0.39 is 0 Å². The SMILES string of the molecule is CCNC(=NCC(C)(C)c1cccc(C)c1)N1CCCC2(CNC(=O)C2)C1. The van der Waals surface area contributed by atoms with Gasteiger partial charge in [-0.25, -0.2) is 0 Å². The number of hydrogen-bond donors (Lipinski definition) is 2. The number of rotatable bonds is 4. The standard InChI is InChI=1S/C22H34N4O/c1-5-23-20(25-14-21(3,4)18-9-6-8-17(2)12-18)26-11-7-10-22(16-26)13-19(27)24-15-22/h6,8-9,12H,5,7,10-11,13-16H2,1-4H3,(H,23,25)(H,24,27). The number of piperidine rings is 1. The van der Waals surface area contributed by atoms with Crippen molar-refractivity contribution in [3.05, 3.63) is 35.4 Å². The van der Waals surface area contributed by atoms with E-state index in [-0.39, 0.29) is 16.7 Å². The third-order valence-corrected chi connectivity index (χ3v) is 5.92. The highest BCUT2D eigenvalue weighted by Crippen LogP contribution is 2.36. The lowest BCUT2D eigenvalue weighted by Crippen LogP contribution is -2.51. The molecule has 1 aromatic carbocycles. The molecule has 2 aliphatic rings. The topological polar surface area (TPSA) is 56.7 Å². The van der Waals surface area contributed by atoms with E-state index in [4.69, 9.17) is 4.99 Å². The predicted octanol–water partition coefficient (Wildman–Crippen LogP) is 2.84. The molecule has 1 amide bonds. The normalized spacial score (nSPS) is 23.6. The number of likely N-dealkylation sites (tertiary alicyclic amines) is 1. The zero-order valence-corrected chi connectivity index (χ0v) is 17.3. The number of benzene rings is 1. The van der Waals surface area contributed by atoms with Crippen LogP contribution in [0.4, 0.5) is 0 Å². The summed E-state index contributed by atoms with van der Waals surface area (Å²) in [5.41, 5.74) is 2.67. The maximum absolute atomic E-state index is 11.8. The lowest BCUT2D eigenvalue weighted by atomic mass is 9.79. The van der Waals surface area contributed by atoms with Gasteiger partial charge in [-0.15, -0.1) is 0 Å². The number of nitrogens with one attached hydrogen (secondary N) is 2. The van der Waals surface area contributed by atoms with Crippen molar-refractivity contribution in [1.29, 1.82) is 0 Å². The van der Waals surface area contributed by atoms with E-state index in [1.54, 1.807) is 0 Å². The summed E-state index contributed by atoms with van der Waals surface area (Å²) >= 11 is 0. The molecule has 2 aliphatic heterocycles. The molecule has 2 fully saturated rings. The van der Waals surface area contributed by atoms with Gasteiger partial charge in [-0.05, 0) is 32.3 Å². The van der Waals surface area contributed by atoms with Crippen molar-refractivity contribution in [3.63, 3.8) is 0 Å². The van der Waals surface area contributed by atoms with Gasteiger partial charge in [0.1, 0.15) is 0 Å². The largest absolute Gasteiger partial charge is 0.357 e. The first-order valence-electron chi connectivity index (χ1n) is 10.2. The van der Waals surface area contributed by atoms with E-state index in [2.05, 4.69) is 67.5 Å². The molecule has 0 aromatic heterocycles. The minimum Gasteiger partial charge on any atom is -0.357 e. The molecule has 5 heteroatoms. The molecule has 1 spiro atoms. The van der Waals surface area contributed by atoms with E-state index >= 15 is 0 Å². The first-order valence-corrected chi connectivity index (χ1v) is 10.2. The summed E-state index contributed by atoms with van der Waals surface area (Å²) < 4.78 is 0. The molecule has 2 saturated heterocycles. The van der Waals surface area contributed by atoms with Crippen molar-refractivity contribution in [2.24, 2.45) is 10.4 Å². The highest BCUT2D eigenvalue weighted by molar-refractivity contribution is 5.81. The monoisotopic (exact) mass is 370 g/mol. The van der Waals surface area contributed by atoms with E-state index in [0.717, 1.165) is 51.5 Å². The van der Waals surface area contributed by atoms with Crippen molar-refractivity contribution in [3.8, 4) is 0 Å². The summed E-state index contributed by atoms with van der Waals surface area (Å²) in [4.78, 5) is 19.2. The lowest BCUT2D eigenvalue weighted by molar-refractivity contribution is -0.119. The number of aryl methyl sites for hydroxylation is 1. The fourth-order valence-electron chi connectivity index (χ4n) is 4.28. The average molecular weight is 371 g/mol. The number of amides is 1. The van der Waals surface area contributed by atoms with Gasteiger partial charge in [-0.3, -0.25) is 9.79 Å². The maximum atomic E-state index is 11.8. The quantitative estimate of drug-likeness (QED) is 0.633. The summed E-state index contributed by atoms with van der Waals surface area (Å²) in [6.45, 7) is 13.1. The Bertz CT molecular complexity index is 712. The molecule has 1 aromatic rings. The number of carbonyl (C=O) groups excluding carboxylic acids is 1. The number of hydrogen-bond acceptors (Lipinski definition) is 2. The summed E-state index contributed by atoms with van der Waals surface area (Å²) in [6.07, 6.45) is 2.88. The van der Waals surface area contributed by atoms with E-state index in [1.807, 2.05) is 0 Å². The third kappa shape index (κ3) is 4.63. The van der Waals surface area contributed by atoms with Crippen molar-refractivity contribution in [2.75, 3.05) is 32.7 Å². The Morgan fingerprint density at radius 2 is 2.22 bits per heavy atom. The molecule has 0 bridgehead atoms. The number of guanidine groups is 1.